The first-order valence-corrected chi connectivity index (χ1v) is 10.7. The van der Waals surface area contributed by atoms with E-state index in [9.17, 15) is 14.4 Å². The van der Waals surface area contributed by atoms with Crippen LogP contribution in [0.25, 0.3) is 0 Å². The molecular weight excluding hydrogens is 388 g/mol. The number of carbonyl (C=O) groups excluding carboxylic acids is 3. The van der Waals surface area contributed by atoms with Gasteiger partial charge in [0, 0.05) is 10.4 Å². The molecule has 0 unspecified atom stereocenters. The van der Waals surface area contributed by atoms with Crippen molar-refractivity contribution in [2.24, 2.45) is 0 Å². The van der Waals surface area contributed by atoms with Crippen LogP contribution in [0.5, 0.6) is 0 Å². The lowest BCUT2D eigenvalue weighted by Gasteiger charge is -2.11. The van der Waals surface area contributed by atoms with Crippen molar-refractivity contribution in [2.75, 3.05) is 11.9 Å². The number of fused-ring (bicyclic) bond motifs is 1. The fourth-order valence-electron chi connectivity index (χ4n) is 3.54. The van der Waals surface area contributed by atoms with Gasteiger partial charge in [0.05, 0.1) is 12.2 Å². The van der Waals surface area contributed by atoms with Gasteiger partial charge >= 0.3 is 6.09 Å². The maximum Gasteiger partial charge on any atom is 0.414 e. The Morgan fingerprint density at radius 3 is 2.59 bits per heavy atom. The zero-order chi connectivity index (χ0) is 21.0. The summed E-state index contributed by atoms with van der Waals surface area (Å²) < 4.78 is 4.84. The smallest absolute Gasteiger partial charge is 0.414 e. The van der Waals surface area contributed by atoms with E-state index >= 15 is 0 Å². The minimum atomic E-state index is -0.780. The molecule has 1 heterocycles. The monoisotopic (exact) mass is 414 g/mol. The van der Waals surface area contributed by atoms with Gasteiger partial charge in [0.25, 0.3) is 11.8 Å². The van der Waals surface area contributed by atoms with Gasteiger partial charge in [-0.25, -0.2) is 4.79 Å². The molecule has 3 amide bonds. The predicted octanol–water partition coefficient (Wildman–Crippen LogP) is 4.77. The summed E-state index contributed by atoms with van der Waals surface area (Å²) in [6.45, 7) is 5.67. The van der Waals surface area contributed by atoms with Crippen LogP contribution in [0.2, 0.25) is 0 Å². The molecule has 7 heteroatoms. The molecule has 0 fully saturated rings. The second kappa shape index (κ2) is 9.22. The second-order valence-corrected chi connectivity index (χ2v) is 8.32. The standard InChI is InChI=1S/C22H26N2O4S/c1-4-28-22(27)24-20(26)18-15-8-6-5-7-9-17(15)29-21(18)23-19(25)16-12-13(2)10-11-14(16)3/h10-12H,4-9H2,1-3H3,(H,23,25)(H,24,26,27). The van der Waals surface area contributed by atoms with Gasteiger partial charge in [-0.1, -0.05) is 24.1 Å². The lowest BCUT2D eigenvalue weighted by Crippen LogP contribution is -2.32. The summed E-state index contributed by atoms with van der Waals surface area (Å²) in [6.07, 6.45) is 3.99. The summed E-state index contributed by atoms with van der Waals surface area (Å²) in [6, 6.07) is 5.70. The lowest BCUT2D eigenvalue weighted by atomic mass is 10.0. The fraction of sp³-hybridized carbons (Fsp3) is 0.409. The molecule has 1 aliphatic rings. The largest absolute Gasteiger partial charge is 0.450 e. The average molecular weight is 415 g/mol. The number of thiophene rings is 1. The number of amides is 3. The molecule has 6 nitrogen and oxygen atoms in total. The van der Waals surface area contributed by atoms with Crippen LogP contribution < -0.4 is 10.6 Å². The normalized spacial score (nSPS) is 13.2. The van der Waals surface area contributed by atoms with Crippen molar-refractivity contribution in [3.8, 4) is 0 Å². The number of ether oxygens (including phenoxy) is 1. The molecule has 2 aromatic rings. The maximum absolute atomic E-state index is 12.9. The molecule has 29 heavy (non-hydrogen) atoms. The third-order valence-corrected chi connectivity index (χ3v) is 6.21. The summed E-state index contributed by atoms with van der Waals surface area (Å²) in [4.78, 5) is 38.7. The van der Waals surface area contributed by atoms with Gasteiger partial charge in [0.1, 0.15) is 5.00 Å². The molecule has 1 aromatic heterocycles. The Kier molecular flexibility index (Phi) is 6.69. The van der Waals surface area contributed by atoms with Gasteiger partial charge < -0.3 is 10.1 Å². The first kappa shape index (κ1) is 21.0. The zero-order valence-corrected chi connectivity index (χ0v) is 17.8. The molecule has 1 aliphatic carbocycles. The van der Waals surface area contributed by atoms with Crippen molar-refractivity contribution in [3.63, 3.8) is 0 Å². The van der Waals surface area contributed by atoms with Crippen LogP contribution in [0.1, 0.15) is 68.5 Å². The molecule has 0 aliphatic heterocycles. The molecule has 3 rings (SSSR count). The molecule has 0 radical (unpaired) electrons. The van der Waals surface area contributed by atoms with Gasteiger partial charge in [-0.2, -0.15) is 0 Å². The maximum atomic E-state index is 12.9. The molecule has 154 valence electrons. The summed E-state index contributed by atoms with van der Waals surface area (Å²) in [5.74, 6) is -0.785. The highest BCUT2D eigenvalue weighted by molar-refractivity contribution is 7.17. The van der Waals surface area contributed by atoms with E-state index in [0.29, 0.717) is 16.1 Å². The minimum absolute atomic E-state index is 0.178. The van der Waals surface area contributed by atoms with Crippen molar-refractivity contribution < 1.29 is 19.1 Å². The van der Waals surface area contributed by atoms with E-state index in [4.69, 9.17) is 4.74 Å². The summed E-state index contributed by atoms with van der Waals surface area (Å²) >= 11 is 1.43. The first-order chi connectivity index (χ1) is 13.9. The van der Waals surface area contributed by atoms with Gasteiger partial charge in [-0.05, 0) is 63.6 Å². The topological polar surface area (TPSA) is 84.5 Å². The fourth-order valence-corrected chi connectivity index (χ4v) is 4.83. The van der Waals surface area contributed by atoms with Crippen molar-refractivity contribution in [3.05, 3.63) is 50.9 Å². The number of imide groups is 1. The molecule has 0 saturated heterocycles. The minimum Gasteiger partial charge on any atom is -0.450 e. The van der Waals surface area contributed by atoms with Crippen molar-refractivity contribution in [2.45, 2.75) is 52.9 Å². The van der Waals surface area contributed by atoms with Crippen molar-refractivity contribution >= 4 is 34.2 Å². The van der Waals surface area contributed by atoms with Crippen LogP contribution in [0.4, 0.5) is 9.80 Å². The third-order valence-electron chi connectivity index (χ3n) is 5.00. The number of nitrogens with one attached hydrogen (secondary N) is 2. The van der Waals surface area contributed by atoms with E-state index in [1.165, 1.54) is 11.3 Å². The van der Waals surface area contributed by atoms with Crippen LogP contribution in [0, 0.1) is 13.8 Å². The first-order valence-electron chi connectivity index (χ1n) is 9.92. The van der Waals surface area contributed by atoms with Crippen molar-refractivity contribution in [1.82, 2.24) is 5.32 Å². The number of benzene rings is 1. The molecule has 0 bridgehead atoms. The summed E-state index contributed by atoms with van der Waals surface area (Å²) in [5, 5.41) is 5.70. The van der Waals surface area contributed by atoms with E-state index in [1.807, 2.05) is 32.0 Å². The van der Waals surface area contributed by atoms with Crippen LogP contribution in [-0.4, -0.2) is 24.5 Å². The molecule has 1 aromatic carbocycles. The van der Waals surface area contributed by atoms with E-state index < -0.39 is 12.0 Å². The third kappa shape index (κ3) is 4.85. The predicted molar refractivity (Wildman–Crippen MR) is 114 cm³/mol. The molecule has 0 saturated carbocycles. The quantitative estimate of drug-likeness (QED) is 0.706. The molecule has 0 atom stereocenters. The Bertz CT molecular complexity index is 949. The average Bonchev–Trinajstić information content (AvgIpc) is 2.84. The number of anilines is 1. The molecular formula is C22H26N2O4S. The van der Waals surface area contributed by atoms with E-state index in [0.717, 1.165) is 53.7 Å². The Morgan fingerprint density at radius 2 is 1.83 bits per heavy atom. The SMILES string of the molecule is CCOC(=O)NC(=O)c1c(NC(=O)c2cc(C)ccc2C)sc2c1CCCCC2. The number of hydrogen-bond donors (Lipinski definition) is 2. The Labute approximate surface area is 174 Å². The second-order valence-electron chi connectivity index (χ2n) is 7.22. The Hall–Kier alpha value is -2.67. The van der Waals surface area contributed by atoms with Crippen LogP contribution in [0.15, 0.2) is 18.2 Å². The van der Waals surface area contributed by atoms with Crippen LogP contribution in [-0.2, 0) is 17.6 Å². The van der Waals surface area contributed by atoms with Crippen LogP contribution >= 0.6 is 11.3 Å². The molecule has 2 N–H and O–H groups in total. The van der Waals surface area contributed by atoms with E-state index in [1.54, 1.807) is 6.92 Å². The number of aryl methyl sites for hydroxylation is 3. The highest BCUT2D eigenvalue weighted by Crippen LogP contribution is 2.38. The number of rotatable bonds is 4. The highest BCUT2D eigenvalue weighted by Gasteiger charge is 2.27. The zero-order valence-electron chi connectivity index (χ0n) is 17.0. The van der Waals surface area contributed by atoms with E-state index in [2.05, 4.69) is 10.6 Å². The van der Waals surface area contributed by atoms with Gasteiger partial charge in [-0.3, -0.25) is 14.9 Å². The van der Waals surface area contributed by atoms with E-state index in [-0.39, 0.29) is 12.5 Å². The lowest BCUT2D eigenvalue weighted by molar-refractivity contribution is 0.0925. The molecule has 0 spiro atoms. The Morgan fingerprint density at radius 1 is 1.07 bits per heavy atom. The van der Waals surface area contributed by atoms with Gasteiger partial charge in [0.15, 0.2) is 0 Å². The van der Waals surface area contributed by atoms with Gasteiger partial charge in [0.2, 0.25) is 0 Å². The van der Waals surface area contributed by atoms with Crippen LogP contribution in [0.3, 0.4) is 0 Å². The highest BCUT2D eigenvalue weighted by atomic mass is 32.1. The van der Waals surface area contributed by atoms with Gasteiger partial charge in [-0.15, -0.1) is 11.3 Å². The number of carbonyl (C=O) groups is 3. The summed E-state index contributed by atoms with van der Waals surface area (Å²) in [5.41, 5.74) is 3.75. The summed E-state index contributed by atoms with van der Waals surface area (Å²) in [7, 11) is 0. The number of hydrogen-bond acceptors (Lipinski definition) is 5. The van der Waals surface area contributed by atoms with Crippen molar-refractivity contribution in [1.29, 1.82) is 0 Å². The Balaban J connectivity index is 1.95. The number of alkyl carbamates (subject to hydrolysis) is 1.